The van der Waals surface area contributed by atoms with E-state index in [0.29, 0.717) is 17.7 Å². The number of halogens is 4. The lowest BCUT2D eigenvalue weighted by atomic mass is 10.3. The molecule has 0 bridgehead atoms. The van der Waals surface area contributed by atoms with Crippen molar-refractivity contribution >= 4 is 15.9 Å². The van der Waals surface area contributed by atoms with Crippen LogP contribution in [0, 0.1) is 0 Å². The van der Waals surface area contributed by atoms with Crippen LogP contribution >= 0.6 is 15.9 Å². The second-order valence-electron chi connectivity index (χ2n) is 2.41. The van der Waals surface area contributed by atoms with Crippen LogP contribution in [0.5, 0.6) is 5.75 Å². The average molecular weight is 270 g/mol. The van der Waals surface area contributed by atoms with Crippen LogP contribution in [0.25, 0.3) is 0 Å². The molecule has 0 saturated heterocycles. The first kappa shape index (κ1) is 11.3. The van der Waals surface area contributed by atoms with Crippen LogP contribution in [0.15, 0.2) is 18.3 Å². The van der Waals surface area contributed by atoms with Crippen LogP contribution in [-0.2, 0) is 6.18 Å². The van der Waals surface area contributed by atoms with E-state index in [1.165, 1.54) is 6.07 Å². The third kappa shape index (κ3) is 3.17. The topological polar surface area (TPSA) is 22.1 Å². The van der Waals surface area contributed by atoms with Gasteiger partial charge in [-0.25, -0.2) is 4.98 Å². The highest BCUT2D eigenvalue weighted by Gasteiger charge is 2.32. The number of rotatable bonds is 3. The van der Waals surface area contributed by atoms with Crippen molar-refractivity contribution in [2.75, 3.05) is 11.9 Å². The molecule has 0 aromatic carbocycles. The summed E-state index contributed by atoms with van der Waals surface area (Å²) < 4.78 is 41.2. The van der Waals surface area contributed by atoms with Gasteiger partial charge in [0.1, 0.15) is 11.4 Å². The lowest BCUT2D eigenvalue weighted by molar-refractivity contribution is -0.141. The summed E-state index contributed by atoms with van der Waals surface area (Å²) in [5.74, 6) is 0.331. The second kappa shape index (κ2) is 4.63. The van der Waals surface area contributed by atoms with E-state index in [2.05, 4.69) is 20.9 Å². The van der Waals surface area contributed by atoms with E-state index < -0.39 is 11.9 Å². The first-order valence-corrected chi connectivity index (χ1v) is 4.88. The molecule has 0 aliphatic carbocycles. The van der Waals surface area contributed by atoms with Crippen molar-refractivity contribution in [1.29, 1.82) is 0 Å². The predicted octanol–water partition coefficient (Wildman–Crippen LogP) is 2.87. The van der Waals surface area contributed by atoms with Crippen molar-refractivity contribution in [2.45, 2.75) is 6.18 Å². The van der Waals surface area contributed by atoms with Crippen molar-refractivity contribution in [1.82, 2.24) is 4.98 Å². The van der Waals surface area contributed by atoms with Crippen molar-refractivity contribution in [3.63, 3.8) is 0 Å². The van der Waals surface area contributed by atoms with Gasteiger partial charge in [0, 0.05) is 5.33 Å². The third-order valence-corrected chi connectivity index (χ3v) is 1.70. The molecular formula is C8H7BrF3NO. The maximum Gasteiger partial charge on any atom is 0.433 e. The first-order chi connectivity index (χ1) is 6.54. The molecule has 0 radical (unpaired) electrons. The molecule has 0 aliphatic heterocycles. The molecule has 1 aromatic rings. The van der Waals surface area contributed by atoms with Crippen molar-refractivity contribution in [3.8, 4) is 5.75 Å². The number of hydrogen-bond donors (Lipinski definition) is 0. The fourth-order valence-corrected chi connectivity index (χ4v) is 0.952. The normalized spacial score (nSPS) is 11.4. The van der Waals surface area contributed by atoms with Gasteiger partial charge in [0.25, 0.3) is 0 Å². The lowest BCUT2D eigenvalue weighted by Crippen LogP contribution is -2.07. The number of pyridine rings is 1. The number of ether oxygens (including phenoxy) is 1. The molecule has 14 heavy (non-hydrogen) atoms. The molecule has 0 aliphatic rings. The quantitative estimate of drug-likeness (QED) is 0.788. The number of nitrogens with zero attached hydrogens (tertiary/aromatic N) is 1. The van der Waals surface area contributed by atoms with E-state index in [0.717, 1.165) is 12.3 Å². The number of alkyl halides is 4. The molecule has 6 heteroatoms. The van der Waals surface area contributed by atoms with Gasteiger partial charge < -0.3 is 4.74 Å². The predicted molar refractivity (Wildman–Crippen MR) is 48.5 cm³/mol. The summed E-state index contributed by atoms with van der Waals surface area (Å²) in [7, 11) is 0. The molecule has 78 valence electrons. The Hall–Kier alpha value is -0.780. The van der Waals surface area contributed by atoms with E-state index in [4.69, 9.17) is 4.74 Å². The molecular weight excluding hydrogens is 263 g/mol. The zero-order chi connectivity index (χ0) is 10.6. The first-order valence-electron chi connectivity index (χ1n) is 3.76. The Kier molecular flexibility index (Phi) is 3.74. The molecule has 1 heterocycles. The molecule has 0 unspecified atom stereocenters. The number of aromatic nitrogens is 1. The molecule has 0 amide bonds. The van der Waals surface area contributed by atoms with Crippen molar-refractivity contribution < 1.29 is 17.9 Å². The van der Waals surface area contributed by atoms with Crippen molar-refractivity contribution in [3.05, 3.63) is 24.0 Å². The van der Waals surface area contributed by atoms with Gasteiger partial charge >= 0.3 is 6.18 Å². The Bertz CT molecular complexity index is 286. The average Bonchev–Trinajstić information content (AvgIpc) is 2.14. The SMILES string of the molecule is FC(F)(F)c1ccc(OCCBr)cn1. The molecule has 0 fully saturated rings. The van der Waals surface area contributed by atoms with Gasteiger partial charge in [0.05, 0.1) is 12.8 Å². The van der Waals surface area contributed by atoms with Crippen LogP contribution in [-0.4, -0.2) is 16.9 Å². The monoisotopic (exact) mass is 269 g/mol. The second-order valence-corrected chi connectivity index (χ2v) is 3.21. The van der Waals surface area contributed by atoms with Gasteiger partial charge in [-0.1, -0.05) is 15.9 Å². The number of hydrogen-bond acceptors (Lipinski definition) is 2. The minimum atomic E-state index is -4.39. The fourth-order valence-electron chi connectivity index (χ4n) is 0.790. The summed E-state index contributed by atoms with van der Waals surface area (Å²) in [4.78, 5) is 3.24. The Morgan fingerprint density at radius 2 is 2.07 bits per heavy atom. The Balaban J connectivity index is 2.69. The summed E-state index contributed by atoms with van der Waals surface area (Å²) in [6, 6.07) is 2.14. The zero-order valence-electron chi connectivity index (χ0n) is 7.01. The fraction of sp³-hybridized carbons (Fsp3) is 0.375. The summed E-state index contributed by atoms with van der Waals surface area (Å²) in [6.45, 7) is 0.396. The highest BCUT2D eigenvalue weighted by molar-refractivity contribution is 9.09. The highest BCUT2D eigenvalue weighted by atomic mass is 79.9. The standard InChI is InChI=1S/C8H7BrF3NO/c9-3-4-14-6-1-2-7(13-5-6)8(10,11)12/h1-2,5H,3-4H2. The van der Waals surface area contributed by atoms with Gasteiger partial charge in [-0.15, -0.1) is 0 Å². The van der Waals surface area contributed by atoms with Crippen LogP contribution in [0.1, 0.15) is 5.69 Å². The van der Waals surface area contributed by atoms with Gasteiger partial charge in [-0.05, 0) is 12.1 Å². The largest absolute Gasteiger partial charge is 0.491 e. The van der Waals surface area contributed by atoms with Crippen molar-refractivity contribution in [2.24, 2.45) is 0 Å². The zero-order valence-corrected chi connectivity index (χ0v) is 8.60. The maximum absolute atomic E-state index is 12.1. The van der Waals surface area contributed by atoms with Crippen LogP contribution in [0.2, 0.25) is 0 Å². The molecule has 2 nitrogen and oxygen atoms in total. The molecule has 0 N–H and O–H groups in total. The lowest BCUT2D eigenvalue weighted by Gasteiger charge is -2.06. The van der Waals surface area contributed by atoms with Gasteiger partial charge in [-0.3, -0.25) is 0 Å². The summed E-state index contributed by atoms with van der Waals surface area (Å²) in [5, 5.41) is 0.619. The summed E-state index contributed by atoms with van der Waals surface area (Å²) in [5.41, 5.74) is -0.913. The van der Waals surface area contributed by atoms with Crippen LogP contribution in [0.4, 0.5) is 13.2 Å². The van der Waals surface area contributed by atoms with Crippen LogP contribution in [0.3, 0.4) is 0 Å². The summed E-state index contributed by atoms with van der Waals surface area (Å²) in [6.07, 6.45) is -3.33. The summed E-state index contributed by atoms with van der Waals surface area (Å²) >= 11 is 3.13. The Morgan fingerprint density at radius 1 is 1.36 bits per heavy atom. The maximum atomic E-state index is 12.1. The molecule has 1 rings (SSSR count). The van der Waals surface area contributed by atoms with E-state index in [1.807, 2.05) is 0 Å². The van der Waals surface area contributed by atoms with Gasteiger partial charge in [-0.2, -0.15) is 13.2 Å². The van der Waals surface area contributed by atoms with Gasteiger partial charge in [0.2, 0.25) is 0 Å². The molecule has 1 aromatic heterocycles. The van der Waals surface area contributed by atoms with E-state index in [1.54, 1.807) is 0 Å². The highest BCUT2D eigenvalue weighted by Crippen LogP contribution is 2.28. The van der Waals surface area contributed by atoms with E-state index in [9.17, 15) is 13.2 Å². The molecule has 0 atom stereocenters. The molecule has 0 spiro atoms. The minimum absolute atomic E-state index is 0.331. The van der Waals surface area contributed by atoms with E-state index in [-0.39, 0.29) is 0 Å². The molecule has 0 saturated carbocycles. The smallest absolute Gasteiger partial charge is 0.433 e. The van der Waals surface area contributed by atoms with E-state index >= 15 is 0 Å². The Morgan fingerprint density at radius 3 is 2.50 bits per heavy atom. The Labute approximate surface area is 87.2 Å². The minimum Gasteiger partial charge on any atom is -0.491 e. The third-order valence-electron chi connectivity index (χ3n) is 1.37. The van der Waals surface area contributed by atoms with Gasteiger partial charge in [0.15, 0.2) is 0 Å². The van der Waals surface area contributed by atoms with Crippen LogP contribution < -0.4 is 4.74 Å².